The summed E-state index contributed by atoms with van der Waals surface area (Å²) in [4.78, 5) is 24.2. The van der Waals surface area contributed by atoms with E-state index in [0.717, 1.165) is 17.8 Å². The minimum Gasteiger partial charge on any atom is -0.352 e. The molecule has 0 aliphatic heterocycles. The van der Waals surface area contributed by atoms with Crippen molar-refractivity contribution in [1.29, 1.82) is 0 Å². The van der Waals surface area contributed by atoms with Crippen molar-refractivity contribution in [2.45, 2.75) is 56.9 Å². The van der Waals surface area contributed by atoms with Crippen LogP contribution in [-0.4, -0.2) is 23.9 Å². The zero-order valence-electron chi connectivity index (χ0n) is 14.1. The maximum atomic E-state index is 12.4. The second-order valence-electron chi connectivity index (χ2n) is 8.12. The summed E-state index contributed by atoms with van der Waals surface area (Å²) in [5, 5.41) is 10.0. The third-order valence-electron chi connectivity index (χ3n) is 6.09. The quantitative estimate of drug-likeness (QED) is 0.776. The lowest BCUT2D eigenvalue weighted by Gasteiger charge is -2.56. The highest BCUT2D eigenvalue weighted by atomic mass is 32.1. The van der Waals surface area contributed by atoms with Crippen molar-refractivity contribution < 1.29 is 9.59 Å². The number of hydrogen-bond donors (Lipinski definition) is 2. The van der Waals surface area contributed by atoms with Crippen molar-refractivity contribution in [2.75, 3.05) is 6.54 Å². The Morgan fingerprint density at radius 2 is 1.79 bits per heavy atom. The Labute approximate surface area is 147 Å². The van der Waals surface area contributed by atoms with E-state index in [4.69, 9.17) is 0 Å². The molecule has 2 N–H and O–H groups in total. The summed E-state index contributed by atoms with van der Waals surface area (Å²) in [6.45, 7) is 0.559. The third kappa shape index (κ3) is 3.37. The number of carbonyl (C=O) groups is 2. The molecule has 4 aliphatic rings. The summed E-state index contributed by atoms with van der Waals surface area (Å²) in [5.41, 5.74) is 0.809. The average Bonchev–Trinajstić information content (AvgIpc) is 3.04. The Morgan fingerprint density at radius 1 is 1.12 bits per heavy atom. The highest BCUT2D eigenvalue weighted by Crippen LogP contribution is 2.55. The van der Waals surface area contributed by atoms with Crippen molar-refractivity contribution in [3.63, 3.8) is 0 Å². The predicted molar refractivity (Wildman–Crippen MR) is 94.9 cm³/mol. The molecule has 24 heavy (non-hydrogen) atoms. The molecule has 4 fully saturated rings. The fraction of sp³-hybridized carbons (Fsp3) is 0.684. The van der Waals surface area contributed by atoms with Crippen LogP contribution in [0.4, 0.5) is 0 Å². The van der Waals surface area contributed by atoms with Gasteiger partial charge in [-0.3, -0.25) is 9.59 Å². The molecule has 4 saturated carbocycles. The molecule has 2 amide bonds. The van der Waals surface area contributed by atoms with E-state index in [1.165, 1.54) is 49.9 Å². The van der Waals surface area contributed by atoms with Gasteiger partial charge in [0.1, 0.15) is 0 Å². The first-order chi connectivity index (χ1) is 11.6. The number of nitrogens with one attached hydrogen (secondary N) is 2. The molecule has 0 aromatic carbocycles. The van der Waals surface area contributed by atoms with E-state index < -0.39 is 0 Å². The Bertz CT molecular complexity index is 576. The SMILES string of the molecule is O=C(CCCNC(=O)c1ccsc1)NC12CC3CC(CC(C3)C1)C2. The standard InChI is InChI=1S/C19H26N2O2S/c22-17(2-1-4-20-18(23)16-3-5-24-12-16)21-19-9-13-6-14(10-19)8-15(7-13)11-19/h3,5,12-15H,1-2,4,6-11H2,(H,20,23)(H,21,22). The number of hydrogen-bond acceptors (Lipinski definition) is 3. The van der Waals surface area contributed by atoms with Gasteiger partial charge in [-0.25, -0.2) is 0 Å². The number of carbonyl (C=O) groups excluding carboxylic acids is 2. The van der Waals surface area contributed by atoms with Gasteiger partial charge in [-0.15, -0.1) is 0 Å². The molecule has 1 aromatic rings. The highest BCUT2D eigenvalue weighted by molar-refractivity contribution is 7.08. The first-order valence-corrected chi connectivity index (χ1v) is 10.2. The first-order valence-electron chi connectivity index (χ1n) is 9.23. The molecule has 0 spiro atoms. The molecule has 0 unspecified atom stereocenters. The van der Waals surface area contributed by atoms with Crippen LogP contribution in [-0.2, 0) is 4.79 Å². The van der Waals surface area contributed by atoms with E-state index in [-0.39, 0.29) is 17.4 Å². The zero-order chi connectivity index (χ0) is 16.6. The molecule has 0 radical (unpaired) electrons. The van der Waals surface area contributed by atoms with Crippen LogP contribution in [0.2, 0.25) is 0 Å². The van der Waals surface area contributed by atoms with E-state index in [0.29, 0.717) is 24.9 Å². The fourth-order valence-electron chi connectivity index (χ4n) is 5.57. The molecule has 130 valence electrons. The van der Waals surface area contributed by atoms with Crippen LogP contribution in [0, 0.1) is 17.8 Å². The minimum absolute atomic E-state index is 0.0438. The molecule has 1 aromatic heterocycles. The summed E-state index contributed by atoms with van der Waals surface area (Å²) >= 11 is 1.52. The second-order valence-corrected chi connectivity index (χ2v) is 8.90. The monoisotopic (exact) mass is 346 g/mol. The van der Waals surface area contributed by atoms with E-state index in [2.05, 4.69) is 10.6 Å². The van der Waals surface area contributed by atoms with Crippen LogP contribution in [0.15, 0.2) is 16.8 Å². The van der Waals surface area contributed by atoms with Crippen molar-refractivity contribution in [3.8, 4) is 0 Å². The van der Waals surface area contributed by atoms with E-state index >= 15 is 0 Å². The molecule has 0 saturated heterocycles. The van der Waals surface area contributed by atoms with E-state index in [9.17, 15) is 9.59 Å². The molecule has 5 heteroatoms. The lowest BCUT2D eigenvalue weighted by Crippen LogP contribution is -2.59. The van der Waals surface area contributed by atoms with Crippen molar-refractivity contribution >= 4 is 23.2 Å². The largest absolute Gasteiger partial charge is 0.352 e. The van der Waals surface area contributed by atoms with Gasteiger partial charge in [-0.2, -0.15) is 11.3 Å². The zero-order valence-corrected chi connectivity index (χ0v) is 14.9. The van der Waals surface area contributed by atoms with Gasteiger partial charge in [0.15, 0.2) is 0 Å². The molecule has 1 heterocycles. The number of amides is 2. The molecular formula is C19H26N2O2S. The van der Waals surface area contributed by atoms with E-state index in [1.807, 2.05) is 16.8 Å². The van der Waals surface area contributed by atoms with Gasteiger partial charge in [0, 0.05) is 29.4 Å². The summed E-state index contributed by atoms with van der Waals surface area (Å²) in [6, 6.07) is 1.82. The van der Waals surface area contributed by atoms with Crippen LogP contribution in [0.5, 0.6) is 0 Å². The number of thiophene rings is 1. The van der Waals surface area contributed by atoms with Gasteiger partial charge in [0.05, 0.1) is 0 Å². The van der Waals surface area contributed by atoms with Crippen LogP contribution in [0.1, 0.15) is 61.7 Å². The van der Waals surface area contributed by atoms with Crippen LogP contribution < -0.4 is 10.6 Å². The van der Waals surface area contributed by atoms with Crippen LogP contribution in [0.25, 0.3) is 0 Å². The maximum Gasteiger partial charge on any atom is 0.252 e. The summed E-state index contributed by atoms with van der Waals surface area (Å²) in [5.74, 6) is 2.67. The van der Waals surface area contributed by atoms with Gasteiger partial charge in [0.2, 0.25) is 5.91 Å². The van der Waals surface area contributed by atoms with Crippen LogP contribution >= 0.6 is 11.3 Å². The second kappa shape index (κ2) is 6.51. The first kappa shape index (κ1) is 16.1. The third-order valence-corrected chi connectivity index (χ3v) is 6.78. The van der Waals surface area contributed by atoms with Crippen molar-refractivity contribution in [2.24, 2.45) is 17.8 Å². The van der Waals surface area contributed by atoms with E-state index in [1.54, 1.807) is 0 Å². The smallest absolute Gasteiger partial charge is 0.252 e. The Balaban J connectivity index is 1.21. The van der Waals surface area contributed by atoms with Gasteiger partial charge in [-0.05, 0) is 74.1 Å². The molecule has 4 nitrogen and oxygen atoms in total. The average molecular weight is 346 g/mol. The summed E-state index contributed by atoms with van der Waals surface area (Å²) < 4.78 is 0. The van der Waals surface area contributed by atoms with Crippen molar-refractivity contribution in [3.05, 3.63) is 22.4 Å². The molecule has 0 atom stereocenters. The molecule has 4 bridgehead atoms. The van der Waals surface area contributed by atoms with Crippen molar-refractivity contribution in [1.82, 2.24) is 10.6 Å². The molecule has 4 aliphatic carbocycles. The Kier molecular flexibility index (Phi) is 4.37. The lowest BCUT2D eigenvalue weighted by atomic mass is 9.53. The van der Waals surface area contributed by atoms with Gasteiger partial charge in [0.25, 0.3) is 5.91 Å². The number of rotatable bonds is 6. The minimum atomic E-state index is -0.0438. The topological polar surface area (TPSA) is 58.2 Å². The predicted octanol–water partition coefficient (Wildman–Crippen LogP) is 3.34. The Morgan fingerprint density at radius 3 is 2.38 bits per heavy atom. The summed E-state index contributed by atoms with van der Waals surface area (Å²) in [7, 11) is 0. The lowest BCUT2D eigenvalue weighted by molar-refractivity contribution is -0.126. The van der Waals surface area contributed by atoms with Gasteiger partial charge in [-0.1, -0.05) is 0 Å². The maximum absolute atomic E-state index is 12.4. The molecular weight excluding hydrogens is 320 g/mol. The fourth-order valence-corrected chi connectivity index (χ4v) is 6.20. The summed E-state index contributed by atoms with van der Waals surface area (Å²) in [6.07, 6.45) is 8.97. The van der Waals surface area contributed by atoms with Gasteiger partial charge >= 0.3 is 0 Å². The highest BCUT2D eigenvalue weighted by Gasteiger charge is 2.51. The van der Waals surface area contributed by atoms with Gasteiger partial charge < -0.3 is 10.6 Å². The normalized spacial score (nSPS) is 33.4. The molecule has 5 rings (SSSR count). The van der Waals surface area contributed by atoms with Crippen LogP contribution in [0.3, 0.4) is 0 Å². The Hall–Kier alpha value is -1.36.